The molecule has 2 heteroatoms. The summed E-state index contributed by atoms with van der Waals surface area (Å²) in [4.78, 5) is 2.78. The highest BCUT2D eigenvalue weighted by molar-refractivity contribution is 5.25. The van der Waals surface area contributed by atoms with Gasteiger partial charge >= 0.3 is 0 Å². The van der Waals surface area contributed by atoms with Crippen LogP contribution in [0.1, 0.15) is 52.0 Å². The van der Waals surface area contributed by atoms with Crippen LogP contribution >= 0.6 is 0 Å². The van der Waals surface area contributed by atoms with Crippen molar-refractivity contribution in [1.29, 1.82) is 0 Å². The Balaban J connectivity index is 1.76. The summed E-state index contributed by atoms with van der Waals surface area (Å²) in [6.07, 6.45) is 5.56. The number of hydrogen-bond acceptors (Lipinski definition) is 2. The van der Waals surface area contributed by atoms with Crippen LogP contribution in [-0.4, -0.2) is 30.1 Å². The number of rotatable bonds is 5. The first kappa shape index (κ1) is 15.1. The van der Waals surface area contributed by atoms with E-state index in [0.29, 0.717) is 12.1 Å². The van der Waals surface area contributed by atoms with E-state index in [4.69, 9.17) is 0 Å². The maximum Gasteiger partial charge on any atom is 0.0535 e. The largest absolute Gasteiger partial charge is 0.305 e. The highest BCUT2D eigenvalue weighted by Gasteiger charge is 2.39. The van der Waals surface area contributed by atoms with Crippen LogP contribution < -0.4 is 5.32 Å². The first-order chi connectivity index (χ1) is 10.1. The van der Waals surface area contributed by atoms with E-state index in [9.17, 15) is 0 Å². The molecular weight excluding hydrogens is 256 g/mol. The van der Waals surface area contributed by atoms with E-state index in [2.05, 4.69) is 61.3 Å². The molecular formula is C19H30N2. The summed E-state index contributed by atoms with van der Waals surface area (Å²) in [6, 6.07) is 12.4. The van der Waals surface area contributed by atoms with E-state index in [-0.39, 0.29) is 5.54 Å². The van der Waals surface area contributed by atoms with Gasteiger partial charge in [-0.3, -0.25) is 4.90 Å². The quantitative estimate of drug-likeness (QED) is 0.886. The second-order valence-electron chi connectivity index (χ2n) is 7.34. The molecule has 3 atom stereocenters. The van der Waals surface area contributed by atoms with Gasteiger partial charge < -0.3 is 5.32 Å². The van der Waals surface area contributed by atoms with Gasteiger partial charge in [-0.15, -0.1) is 0 Å². The van der Waals surface area contributed by atoms with E-state index < -0.39 is 0 Å². The number of piperazine rings is 1. The predicted molar refractivity (Wildman–Crippen MR) is 89.4 cm³/mol. The van der Waals surface area contributed by atoms with Gasteiger partial charge in [0.1, 0.15) is 0 Å². The van der Waals surface area contributed by atoms with Gasteiger partial charge in [-0.2, -0.15) is 0 Å². The molecule has 21 heavy (non-hydrogen) atoms. The van der Waals surface area contributed by atoms with E-state index in [1.54, 1.807) is 0 Å². The van der Waals surface area contributed by atoms with Crippen LogP contribution in [0.3, 0.4) is 0 Å². The van der Waals surface area contributed by atoms with Crippen molar-refractivity contribution in [3.8, 4) is 0 Å². The van der Waals surface area contributed by atoms with Crippen molar-refractivity contribution >= 4 is 0 Å². The lowest BCUT2D eigenvalue weighted by Gasteiger charge is -2.49. The molecule has 0 amide bonds. The molecule has 1 saturated carbocycles. The molecule has 0 bridgehead atoms. The standard InChI is InChI=1S/C19H30N2/c1-4-18-13-20-19(3,17-8-6-5-7-9-17)14-21(18)15(2)12-16-10-11-16/h5-9,15-16,18,20H,4,10-14H2,1-3H3. The van der Waals surface area contributed by atoms with Crippen molar-refractivity contribution in [2.75, 3.05) is 13.1 Å². The normalized spacial score (nSPS) is 32.0. The first-order valence-corrected chi connectivity index (χ1v) is 8.68. The predicted octanol–water partition coefficient (Wildman–Crippen LogP) is 3.77. The highest BCUT2D eigenvalue weighted by atomic mass is 15.3. The Labute approximate surface area is 129 Å². The van der Waals surface area contributed by atoms with Gasteiger partial charge in [-0.25, -0.2) is 0 Å². The van der Waals surface area contributed by atoms with Crippen LogP contribution in [0.4, 0.5) is 0 Å². The van der Waals surface area contributed by atoms with Crippen LogP contribution in [0.5, 0.6) is 0 Å². The van der Waals surface area contributed by atoms with Gasteiger partial charge in [0.05, 0.1) is 5.54 Å². The zero-order valence-corrected chi connectivity index (χ0v) is 13.8. The molecule has 1 saturated heterocycles. The minimum absolute atomic E-state index is 0.0880. The van der Waals surface area contributed by atoms with Crippen molar-refractivity contribution in [2.24, 2.45) is 5.92 Å². The number of nitrogens with one attached hydrogen (secondary N) is 1. The summed E-state index contributed by atoms with van der Waals surface area (Å²) in [6.45, 7) is 9.37. The molecule has 2 fully saturated rings. The topological polar surface area (TPSA) is 15.3 Å². The maximum atomic E-state index is 3.82. The zero-order valence-electron chi connectivity index (χ0n) is 13.8. The second kappa shape index (κ2) is 6.10. The fourth-order valence-corrected chi connectivity index (χ4v) is 3.88. The molecule has 1 aliphatic carbocycles. The number of benzene rings is 1. The van der Waals surface area contributed by atoms with Crippen LogP contribution in [-0.2, 0) is 5.54 Å². The minimum Gasteiger partial charge on any atom is -0.305 e. The van der Waals surface area contributed by atoms with Crippen molar-refractivity contribution in [3.05, 3.63) is 35.9 Å². The van der Waals surface area contributed by atoms with Crippen molar-refractivity contribution in [2.45, 2.75) is 64.1 Å². The summed E-state index contributed by atoms with van der Waals surface area (Å²) in [5.74, 6) is 1.01. The molecule has 1 heterocycles. The molecule has 0 aromatic heterocycles. The Bertz CT molecular complexity index is 454. The molecule has 0 radical (unpaired) electrons. The van der Waals surface area contributed by atoms with Crippen molar-refractivity contribution in [1.82, 2.24) is 10.2 Å². The molecule has 3 rings (SSSR count). The number of nitrogens with zero attached hydrogens (tertiary/aromatic N) is 1. The third kappa shape index (κ3) is 3.32. The Kier molecular flexibility index (Phi) is 4.37. The SMILES string of the molecule is CCC1CNC(C)(c2ccccc2)CN1C(C)CC1CC1. The zero-order chi connectivity index (χ0) is 14.9. The van der Waals surface area contributed by atoms with Crippen LogP contribution in [0.15, 0.2) is 30.3 Å². The maximum absolute atomic E-state index is 3.82. The van der Waals surface area contributed by atoms with Crippen LogP contribution in [0.25, 0.3) is 0 Å². The van der Waals surface area contributed by atoms with Gasteiger partial charge in [0.2, 0.25) is 0 Å². The van der Waals surface area contributed by atoms with Crippen molar-refractivity contribution < 1.29 is 0 Å². The Morgan fingerprint density at radius 2 is 2.00 bits per heavy atom. The monoisotopic (exact) mass is 286 g/mol. The van der Waals surface area contributed by atoms with Crippen LogP contribution in [0, 0.1) is 5.92 Å². The van der Waals surface area contributed by atoms with Gasteiger partial charge in [0, 0.05) is 25.2 Å². The van der Waals surface area contributed by atoms with Gasteiger partial charge in [-0.1, -0.05) is 50.1 Å². The molecule has 1 N–H and O–H groups in total. The average Bonchev–Trinajstić information content (AvgIpc) is 3.32. The lowest BCUT2D eigenvalue weighted by atomic mass is 9.86. The molecule has 1 aromatic carbocycles. The third-order valence-electron chi connectivity index (χ3n) is 5.52. The summed E-state index contributed by atoms with van der Waals surface area (Å²) in [5.41, 5.74) is 1.51. The average molecular weight is 286 g/mol. The summed E-state index contributed by atoms with van der Waals surface area (Å²) in [5, 5.41) is 3.82. The third-order valence-corrected chi connectivity index (χ3v) is 5.52. The molecule has 3 unspecified atom stereocenters. The number of hydrogen-bond donors (Lipinski definition) is 1. The molecule has 0 spiro atoms. The Hall–Kier alpha value is -0.860. The lowest BCUT2D eigenvalue weighted by molar-refractivity contribution is 0.0451. The fraction of sp³-hybridized carbons (Fsp3) is 0.684. The molecule has 2 aliphatic rings. The van der Waals surface area contributed by atoms with E-state index in [1.165, 1.54) is 31.2 Å². The first-order valence-electron chi connectivity index (χ1n) is 8.68. The van der Waals surface area contributed by atoms with Crippen LogP contribution in [0.2, 0.25) is 0 Å². The van der Waals surface area contributed by atoms with Gasteiger partial charge in [0.15, 0.2) is 0 Å². The molecule has 1 aliphatic heterocycles. The van der Waals surface area contributed by atoms with E-state index in [1.807, 2.05) is 0 Å². The summed E-state index contributed by atoms with van der Waals surface area (Å²) in [7, 11) is 0. The minimum atomic E-state index is 0.0880. The van der Waals surface area contributed by atoms with E-state index in [0.717, 1.165) is 19.0 Å². The Morgan fingerprint density at radius 3 is 2.62 bits per heavy atom. The lowest BCUT2D eigenvalue weighted by Crippen LogP contribution is -2.63. The van der Waals surface area contributed by atoms with Crippen molar-refractivity contribution in [3.63, 3.8) is 0 Å². The second-order valence-corrected chi connectivity index (χ2v) is 7.34. The highest BCUT2D eigenvalue weighted by Crippen LogP contribution is 2.36. The fourth-order valence-electron chi connectivity index (χ4n) is 3.88. The molecule has 2 nitrogen and oxygen atoms in total. The molecule has 116 valence electrons. The van der Waals surface area contributed by atoms with E-state index >= 15 is 0 Å². The summed E-state index contributed by atoms with van der Waals surface area (Å²) >= 11 is 0. The molecule has 1 aromatic rings. The summed E-state index contributed by atoms with van der Waals surface area (Å²) < 4.78 is 0. The van der Waals surface area contributed by atoms with Gasteiger partial charge in [-0.05, 0) is 38.2 Å². The smallest absolute Gasteiger partial charge is 0.0535 e. The van der Waals surface area contributed by atoms with Gasteiger partial charge in [0.25, 0.3) is 0 Å². The Morgan fingerprint density at radius 1 is 1.29 bits per heavy atom.